The predicted octanol–water partition coefficient (Wildman–Crippen LogP) is 5.35. The molecule has 0 aromatic heterocycles. The predicted molar refractivity (Wildman–Crippen MR) is 86.4 cm³/mol. The molecule has 0 saturated carbocycles. The highest BCUT2D eigenvalue weighted by molar-refractivity contribution is 9.10. The van der Waals surface area contributed by atoms with E-state index in [4.69, 9.17) is 34.8 Å². The van der Waals surface area contributed by atoms with Crippen LogP contribution >= 0.6 is 50.7 Å². The maximum absolute atomic E-state index is 13.1. The lowest BCUT2D eigenvalue weighted by Gasteiger charge is -2.12. The first-order chi connectivity index (χ1) is 9.70. The van der Waals surface area contributed by atoms with Crippen molar-refractivity contribution < 1.29 is 12.8 Å². The molecule has 0 spiro atoms. The largest absolute Gasteiger partial charge is 0.277 e. The lowest BCUT2D eigenvalue weighted by molar-refractivity contribution is 0.601. The first kappa shape index (κ1) is 16.8. The van der Waals surface area contributed by atoms with Crippen LogP contribution in [0.4, 0.5) is 10.1 Å². The number of rotatable bonds is 3. The lowest BCUT2D eigenvalue weighted by atomic mass is 10.3. The number of nitrogens with one attached hydrogen (secondary N) is 1. The van der Waals surface area contributed by atoms with Gasteiger partial charge < -0.3 is 0 Å². The second-order valence-electron chi connectivity index (χ2n) is 3.93. The Kier molecular flexibility index (Phi) is 5.05. The summed E-state index contributed by atoms with van der Waals surface area (Å²) in [5, 5.41) is 0.0833. The normalized spacial score (nSPS) is 11.5. The molecule has 3 nitrogen and oxygen atoms in total. The van der Waals surface area contributed by atoms with Gasteiger partial charge in [0.1, 0.15) is 5.82 Å². The van der Waals surface area contributed by atoms with Crippen molar-refractivity contribution >= 4 is 66.4 Å². The van der Waals surface area contributed by atoms with Crippen molar-refractivity contribution in [2.45, 2.75) is 4.90 Å². The molecule has 112 valence electrons. The van der Waals surface area contributed by atoms with Gasteiger partial charge in [-0.3, -0.25) is 4.72 Å². The van der Waals surface area contributed by atoms with Gasteiger partial charge in [0.15, 0.2) is 0 Å². The molecule has 21 heavy (non-hydrogen) atoms. The highest BCUT2D eigenvalue weighted by atomic mass is 79.9. The van der Waals surface area contributed by atoms with Gasteiger partial charge in [-0.1, -0.05) is 34.8 Å². The third kappa shape index (κ3) is 3.81. The molecule has 0 saturated heterocycles. The van der Waals surface area contributed by atoms with Gasteiger partial charge in [0.25, 0.3) is 10.0 Å². The summed E-state index contributed by atoms with van der Waals surface area (Å²) in [6.07, 6.45) is 0. The van der Waals surface area contributed by atoms with Gasteiger partial charge in [0.2, 0.25) is 0 Å². The summed E-state index contributed by atoms with van der Waals surface area (Å²) in [7, 11) is -3.94. The Hall–Kier alpha value is -0.530. The number of anilines is 1. The molecule has 0 amide bonds. The Bertz CT molecular complexity index is 791. The van der Waals surface area contributed by atoms with E-state index in [0.29, 0.717) is 9.50 Å². The maximum Gasteiger partial charge on any atom is 0.262 e. The molecule has 0 radical (unpaired) electrons. The minimum absolute atomic E-state index is 0.0461. The first-order valence-corrected chi connectivity index (χ1v) is 8.74. The molecule has 0 heterocycles. The fourth-order valence-electron chi connectivity index (χ4n) is 1.48. The third-order valence-electron chi connectivity index (χ3n) is 2.44. The summed E-state index contributed by atoms with van der Waals surface area (Å²) in [4.78, 5) is -0.0461. The Balaban J connectivity index is 2.44. The molecule has 0 fully saturated rings. The molecule has 9 heteroatoms. The fourth-order valence-corrected chi connectivity index (χ4v) is 3.92. The van der Waals surface area contributed by atoms with Crippen LogP contribution in [-0.4, -0.2) is 8.42 Å². The first-order valence-electron chi connectivity index (χ1n) is 5.33. The summed E-state index contributed by atoms with van der Waals surface area (Å²) >= 11 is 20.6. The molecule has 0 aliphatic rings. The minimum Gasteiger partial charge on any atom is -0.277 e. The van der Waals surface area contributed by atoms with Gasteiger partial charge >= 0.3 is 0 Å². The number of hydrogen-bond donors (Lipinski definition) is 1. The van der Waals surface area contributed by atoms with E-state index in [9.17, 15) is 12.8 Å². The van der Waals surface area contributed by atoms with Crippen LogP contribution < -0.4 is 4.72 Å². The summed E-state index contributed by atoms with van der Waals surface area (Å²) in [6, 6.07) is 6.00. The lowest BCUT2D eigenvalue weighted by Crippen LogP contribution is -2.13. The number of hydrogen-bond acceptors (Lipinski definition) is 2. The Labute approximate surface area is 144 Å². The molecule has 0 aliphatic carbocycles. The van der Waals surface area contributed by atoms with Crippen molar-refractivity contribution in [2.24, 2.45) is 0 Å². The van der Waals surface area contributed by atoms with Crippen LogP contribution in [0.25, 0.3) is 0 Å². The molecule has 0 unspecified atom stereocenters. The van der Waals surface area contributed by atoms with Crippen molar-refractivity contribution in [1.29, 1.82) is 0 Å². The molecule has 0 atom stereocenters. The zero-order chi connectivity index (χ0) is 15.8. The van der Waals surface area contributed by atoms with E-state index in [0.717, 1.165) is 12.1 Å². The van der Waals surface area contributed by atoms with E-state index in [1.165, 1.54) is 18.2 Å². The zero-order valence-electron chi connectivity index (χ0n) is 10.0. The van der Waals surface area contributed by atoms with E-state index >= 15 is 0 Å². The zero-order valence-corrected chi connectivity index (χ0v) is 14.7. The van der Waals surface area contributed by atoms with Gasteiger partial charge in [0.05, 0.1) is 25.7 Å². The topological polar surface area (TPSA) is 46.2 Å². The Morgan fingerprint density at radius 1 is 1.00 bits per heavy atom. The van der Waals surface area contributed by atoms with E-state index < -0.39 is 15.8 Å². The molecule has 0 bridgehead atoms. The van der Waals surface area contributed by atoms with Gasteiger partial charge in [-0.25, -0.2) is 12.8 Å². The van der Waals surface area contributed by atoms with Crippen LogP contribution in [0, 0.1) is 5.82 Å². The second kappa shape index (κ2) is 6.30. The van der Waals surface area contributed by atoms with Crippen LogP contribution in [0.1, 0.15) is 0 Å². The van der Waals surface area contributed by atoms with Crippen molar-refractivity contribution in [2.75, 3.05) is 4.72 Å². The van der Waals surface area contributed by atoms with E-state index in [2.05, 4.69) is 20.7 Å². The monoisotopic (exact) mass is 431 g/mol. The van der Waals surface area contributed by atoms with Gasteiger partial charge in [-0.15, -0.1) is 0 Å². The Morgan fingerprint density at radius 3 is 2.10 bits per heavy atom. The number of sulfonamides is 1. The highest BCUT2D eigenvalue weighted by Crippen LogP contribution is 2.34. The highest BCUT2D eigenvalue weighted by Gasteiger charge is 2.19. The standard InChI is InChI=1S/C12H6BrCl3FNO2S/c13-8-5-7(1-2-9(8)14)21(19,20)18-12-10(15)3-6(17)4-11(12)16/h1-5,18H. The van der Waals surface area contributed by atoms with Crippen LogP contribution in [0.5, 0.6) is 0 Å². The summed E-state index contributed by atoms with van der Waals surface area (Å²) in [6.45, 7) is 0. The van der Waals surface area contributed by atoms with Crippen molar-refractivity contribution in [1.82, 2.24) is 0 Å². The number of benzene rings is 2. The molecule has 2 aromatic carbocycles. The quantitative estimate of drug-likeness (QED) is 0.709. The van der Waals surface area contributed by atoms with Crippen LogP contribution in [0.3, 0.4) is 0 Å². The Morgan fingerprint density at radius 2 is 1.57 bits per heavy atom. The van der Waals surface area contributed by atoms with Crippen molar-refractivity contribution in [3.05, 3.63) is 55.7 Å². The maximum atomic E-state index is 13.1. The van der Waals surface area contributed by atoms with E-state index in [1.807, 2.05) is 0 Å². The van der Waals surface area contributed by atoms with E-state index in [1.54, 1.807) is 0 Å². The van der Waals surface area contributed by atoms with Crippen molar-refractivity contribution in [3.63, 3.8) is 0 Å². The summed E-state index contributed by atoms with van der Waals surface area (Å²) in [5.74, 6) is -0.665. The van der Waals surface area contributed by atoms with Crippen LogP contribution in [-0.2, 0) is 10.0 Å². The minimum atomic E-state index is -3.94. The average molecular weight is 434 g/mol. The SMILES string of the molecule is O=S(=O)(Nc1c(Cl)cc(F)cc1Cl)c1ccc(Cl)c(Br)c1. The molecule has 0 aliphatic heterocycles. The molecular formula is C12H6BrCl3FNO2S. The second-order valence-corrected chi connectivity index (χ2v) is 7.68. The summed E-state index contributed by atoms with van der Waals surface area (Å²) < 4.78 is 40.3. The van der Waals surface area contributed by atoms with Gasteiger partial charge in [0, 0.05) is 4.47 Å². The van der Waals surface area contributed by atoms with Gasteiger partial charge in [-0.05, 0) is 46.3 Å². The summed E-state index contributed by atoms with van der Waals surface area (Å²) in [5.41, 5.74) is -0.0918. The molecule has 2 aromatic rings. The average Bonchev–Trinajstić information content (AvgIpc) is 2.37. The molecule has 1 N–H and O–H groups in total. The molecule has 2 rings (SSSR count). The smallest absolute Gasteiger partial charge is 0.262 e. The molecular weight excluding hydrogens is 427 g/mol. The number of halogens is 5. The van der Waals surface area contributed by atoms with Crippen molar-refractivity contribution in [3.8, 4) is 0 Å². The van der Waals surface area contributed by atoms with Crippen LogP contribution in [0.2, 0.25) is 15.1 Å². The van der Waals surface area contributed by atoms with Gasteiger partial charge in [-0.2, -0.15) is 0 Å². The fraction of sp³-hybridized carbons (Fsp3) is 0. The third-order valence-corrected chi connectivity index (χ3v) is 5.60. The van der Waals surface area contributed by atoms with Crippen LogP contribution in [0.15, 0.2) is 39.7 Å². The van der Waals surface area contributed by atoms with E-state index in [-0.39, 0.29) is 20.6 Å².